The average molecular weight is 437 g/mol. The molecule has 8 nitrogen and oxygen atoms in total. The van der Waals surface area contributed by atoms with Gasteiger partial charge in [-0.1, -0.05) is 13.0 Å². The van der Waals surface area contributed by atoms with Gasteiger partial charge in [-0.2, -0.15) is 0 Å². The van der Waals surface area contributed by atoms with E-state index < -0.39 is 11.2 Å². The van der Waals surface area contributed by atoms with Gasteiger partial charge < -0.3 is 21.7 Å². The van der Waals surface area contributed by atoms with Gasteiger partial charge in [-0.25, -0.2) is 24.3 Å². The van der Waals surface area contributed by atoms with Crippen LogP contribution in [0.1, 0.15) is 44.7 Å². The van der Waals surface area contributed by atoms with Crippen molar-refractivity contribution in [1.29, 1.82) is 0 Å². The minimum absolute atomic E-state index is 0.169. The van der Waals surface area contributed by atoms with Crippen LogP contribution in [0.3, 0.4) is 0 Å². The fourth-order valence-electron chi connectivity index (χ4n) is 4.23. The third-order valence-corrected chi connectivity index (χ3v) is 6.48. The van der Waals surface area contributed by atoms with Crippen LogP contribution >= 0.6 is 0 Å². The molecule has 3 heterocycles. The number of nitrogens with one attached hydrogen (secondary N) is 1. The summed E-state index contributed by atoms with van der Waals surface area (Å²) in [5.41, 5.74) is 13.7. The van der Waals surface area contributed by atoms with E-state index in [-0.39, 0.29) is 11.7 Å². The zero-order chi connectivity index (χ0) is 22.3. The molecule has 5 rings (SSSR count). The van der Waals surface area contributed by atoms with Gasteiger partial charge in [0.25, 0.3) is 0 Å². The number of nitrogens with zero attached hydrogens (tertiary/aromatic N) is 5. The third-order valence-electron chi connectivity index (χ3n) is 6.48. The molecule has 32 heavy (non-hydrogen) atoms. The number of allylic oxidation sites excluding steroid dienone is 3. The number of aromatic nitrogens is 4. The van der Waals surface area contributed by atoms with Crippen molar-refractivity contribution >= 4 is 11.9 Å². The van der Waals surface area contributed by atoms with Crippen LogP contribution in [0.15, 0.2) is 42.3 Å². The molecule has 2 fully saturated rings. The van der Waals surface area contributed by atoms with E-state index in [1.54, 1.807) is 30.7 Å². The molecule has 9 heteroatoms. The fourth-order valence-corrected chi connectivity index (χ4v) is 4.23. The minimum Gasteiger partial charge on any atom is -0.397 e. The molecule has 168 valence electrons. The normalized spacial score (nSPS) is 24.2. The van der Waals surface area contributed by atoms with Crippen molar-refractivity contribution in [2.24, 2.45) is 11.5 Å². The van der Waals surface area contributed by atoms with Crippen molar-refractivity contribution in [1.82, 2.24) is 19.9 Å². The molecule has 2 aromatic rings. The quantitative estimate of drug-likeness (QED) is 0.655. The minimum atomic E-state index is -0.670. The summed E-state index contributed by atoms with van der Waals surface area (Å²) in [4.78, 5) is 20.7. The Labute approximate surface area is 187 Å². The highest BCUT2D eigenvalue weighted by atomic mass is 19.1. The van der Waals surface area contributed by atoms with Gasteiger partial charge in [0, 0.05) is 60.3 Å². The first-order valence-electron chi connectivity index (χ1n) is 11.2. The van der Waals surface area contributed by atoms with Crippen molar-refractivity contribution in [2.75, 3.05) is 23.3 Å². The number of anilines is 2. The van der Waals surface area contributed by atoms with E-state index >= 15 is 0 Å². The molecule has 1 aliphatic heterocycles. The van der Waals surface area contributed by atoms with E-state index in [1.807, 2.05) is 6.92 Å². The third kappa shape index (κ3) is 4.17. The van der Waals surface area contributed by atoms with E-state index in [0.29, 0.717) is 24.4 Å². The lowest BCUT2D eigenvalue weighted by atomic mass is 9.77. The van der Waals surface area contributed by atoms with Crippen LogP contribution in [-0.4, -0.2) is 45.1 Å². The lowest BCUT2D eigenvalue weighted by molar-refractivity contribution is 0.491. The molecule has 0 bridgehead atoms. The summed E-state index contributed by atoms with van der Waals surface area (Å²) in [6.07, 6.45) is 13.3. The number of halogens is 1. The summed E-state index contributed by atoms with van der Waals surface area (Å²) in [5, 5.41) is 3.30. The second-order valence-corrected chi connectivity index (χ2v) is 9.24. The zero-order valence-corrected chi connectivity index (χ0v) is 18.3. The van der Waals surface area contributed by atoms with Gasteiger partial charge in [0.1, 0.15) is 5.83 Å². The van der Waals surface area contributed by atoms with Crippen molar-refractivity contribution in [3.8, 4) is 11.1 Å². The molecule has 2 aromatic heterocycles. The zero-order valence-electron chi connectivity index (χ0n) is 18.3. The maximum absolute atomic E-state index is 14.5. The molecule has 1 unspecified atom stereocenters. The first-order chi connectivity index (χ1) is 15.4. The van der Waals surface area contributed by atoms with E-state index in [9.17, 15) is 4.39 Å². The smallest absolute Gasteiger partial charge is 0.225 e. The predicted octanol–water partition coefficient (Wildman–Crippen LogP) is 2.79. The molecule has 1 atom stereocenters. The summed E-state index contributed by atoms with van der Waals surface area (Å²) in [5.74, 6) is 0.834. The number of piperidine rings is 1. The Bertz CT molecular complexity index is 1050. The molecule has 2 aliphatic carbocycles. The molecule has 0 amide bonds. The first kappa shape index (κ1) is 20.8. The van der Waals surface area contributed by atoms with Gasteiger partial charge >= 0.3 is 0 Å². The highest BCUT2D eigenvalue weighted by molar-refractivity contribution is 5.67. The lowest BCUT2D eigenvalue weighted by Gasteiger charge is -2.33. The Hall–Kier alpha value is -3.07. The number of nitrogens with two attached hydrogens (primary N) is 2. The van der Waals surface area contributed by atoms with Crippen LogP contribution in [0.5, 0.6) is 0 Å². The summed E-state index contributed by atoms with van der Waals surface area (Å²) in [6, 6.07) is 0.689. The van der Waals surface area contributed by atoms with Gasteiger partial charge in [0.05, 0.1) is 11.4 Å². The Morgan fingerprint density at radius 3 is 2.47 bits per heavy atom. The standard InChI is InChI=1S/C23H29FN8/c1-23(7-4-19(26)18(24)10-23)20-17(14-11-27-21(28-12-14)30-16-2-3-16)13-29-22(31-20)32-8-5-15(25)6-9-32/h4,10-13,15-16H,2-3,5-9,25-26H2,1H3,(H,27,28,30). The van der Waals surface area contributed by atoms with E-state index in [0.717, 1.165) is 55.6 Å². The molecular formula is C23H29FN8. The fraction of sp³-hybridized carbons (Fsp3) is 0.478. The molecular weight excluding hydrogens is 407 g/mol. The SMILES string of the molecule is CC1(c2nc(N3CCC(N)CC3)ncc2-c2cnc(NC3CC3)nc2)C=C(F)C(N)=CC1. The van der Waals surface area contributed by atoms with Crippen LogP contribution in [-0.2, 0) is 5.41 Å². The first-order valence-corrected chi connectivity index (χ1v) is 11.2. The second-order valence-electron chi connectivity index (χ2n) is 9.24. The Morgan fingerprint density at radius 2 is 1.81 bits per heavy atom. The van der Waals surface area contributed by atoms with Gasteiger partial charge in [-0.15, -0.1) is 0 Å². The van der Waals surface area contributed by atoms with Crippen molar-refractivity contribution in [3.63, 3.8) is 0 Å². The molecule has 0 aromatic carbocycles. The maximum Gasteiger partial charge on any atom is 0.225 e. The number of rotatable bonds is 5. The molecule has 3 aliphatic rings. The largest absolute Gasteiger partial charge is 0.397 e. The second kappa shape index (κ2) is 8.12. The highest BCUT2D eigenvalue weighted by Crippen LogP contribution is 2.40. The summed E-state index contributed by atoms with van der Waals surface area (Å²) in [6.45, 7) is 3.58. The van der Waals surface area contributed by atoms with Gasteiger partial charge in [-0.05, 0) is 38.2 Å². The summed E-state index contributed by atoms with van der Waals surface area (Å²) < 4.78 is 14.5. The average Bonchev–Trinajstić information content (AvgIpc) is 3.61. The van der Waals surface area contributed by atoms with E-state index in [1.165, 1.54) is 0 Å². The molecule has 5 N–H and O–H groups in total. The Balaban J connectivity index is 1.53. The van der Waals surface area contributed by atoms with Crippen LogP contribution < -0.4 is 21.7 Å². The van der Waals surface area contributed by atoms with Gasteiger partial charge in [0.2, 0.25) is 11.9 Å². The molecule has 1 saturated heterocycles. The molecule has 0 spiro atoms. The lowest BCUT2D eigenvalue weighted by Crippen LogP contribution is -2.40. The number of hydrogen-bond acceptors (Lipinski definition) is 8. The van der Waals surface area contributed by atoms with Crippen molar-refractivity contribution in [3.05, 3.63) is 48.0 Å². The number of hydrogen-bond donors (Lipinski definition) is 3. The topological polar surface area (TPSA) is 119 Å². The van der Waals surface area contributed by atoms with Gasteiger partial charge in [0.15, 0.2) is 0 Å². The maximum atomic E-state index is 14.5. The molecule has 0 radical (unpaired) electrons. The summed E-state index contributed by atoms with van der Waals surface area (Å²) >= 11 is 0. The van der Waals surface area contributed by atoms with Crippen molar-refractivity contribution < 1.29 is 4.39 Å². The monoisotopic (exact) mass is 436 g/mol. The van der Waals surface area contributed by atoms with E-state index in [4.69, 9.17) is 16.5 Å². The van der Waals surface area contributed by atoms with Crippen LogP contribution in [0.4, 0.5) is 16.3 Å². The predicted molar refractivity (Wildman–Crippen MR) is 123 cm³/mol. The highest BCUT2D eigenvalue weighted by Gasteiger charge is 2.34. The molecule has 1 saturated carbocycles. The van der Waals surface area contributed by atoms with E-state index in [2.05, 4.69) is 25.2 Å². The summed E-state index contributed by atoms with van der Waals surface area (Å²) in [7, 11) is 0. The van der Waals surface area contributed by atoms with Crippen LogP contribution in [0.25, 0.3) is 11.1 Å². The van der Waals surface area contributed by atoms with Gasteiger partial charge in [-0.3, -0.25) is 0 Å². The Morgan fingerprint density at radius 1 is 1.09 bits per heavy atom. The Kier molecular flexibility index (Phi) is 5.28. The van der Waals surface area contributed by atoms with Crippen molar-refractivity contribution in [2.45, 2.75) is 56.5 Å². The van der Waals surface area contributed by atoms with Crippen LogP contribution in [0.2, 0.25) is 0 Å². The van der Waals surface area contributed by atoms with Crippen LogP contribution in [0, 0.1) is 0 Å².